The Morgan fingerprint density at radius 1 is 1.00 bits per heavy atom. The lowest BCUT2D eigenvalue weighted by Crippen LogP contribution is -2.53. The summed E-state index contributed by atoms with van der Waals surface area (Å²) in [5, 5.41) is 3.22. The first-order valence-electron chi connectivity index (χ1n) is 10.1. The molecule has 6 nitrogen and oxygen atoms in total. The summed E-state index contributed by atoms with van der Waals surface area (Å²) in [6, 6.07) is 6.81. The number of nitrogens with zero attached hydrogens (tertiary/aromatic N) is 1. The molecule has 0 spiro atoms. The minimum atomic E-state index is -3.44. The summed E-state index contributed by atoms with van der Waals surface area (Å²) < 4.78 is 26.7. The number of nitrogens with one attached hydrogen (secondary N) is 1. The molecule has 2 aliphatic carbocycles. The predicted molar refractivity (Wildman–Crippen MR) is 104 cm³/mol. The van der Waals surface area contributed by atoms with E-state index in [-0.39, 0.29) is 22.9 Å². The van der Waals surface area contributed by atoms with Gasteiger partial charge in [0.1, 0.15) is 0 Å². The molecule has 2 saturated carbocycles. The summed E-state index contributed by atoms with van der Waals surface area (Å²) in [5.41, 5.74) is 6.68. The Hall–Kier alpha value is -1.44. The number of sulfonamides is 1. The summed E-state index contributed by atoms with van der Waals surface area (Å²) in [5.74, 6) is 0.815. The van der Waals surface area contributed by atoms with E-state index < -0.39 is 10.0 Å². The summed E-state index contributed by atoms with van der Waals surface area (Å²) in [6.45, 7) is 1.16. The summed E-state index contributed by atoms with van der Waals surface area (Å²) >= 11 is 0. The van der Waals surface area contributed by atoms with E-state index in [1.54, 1.807) is 24.3 Å². The zero-order valence-electron chi connectivity index (χ0n) is 15.6. The van der Waals surface area contributed by atoms with Crippen molar-refractivity contribution >= 4 is 15.9 Å². The van der Waals surface area contributed by atoms with Gasteiger partial charge < -0.3 is 11.1 Å². The van der Waals surface area contributed by atoms with E-state index in [1.807, 2.05) is 0 Å². The maximum atomic E-state index is 12.7. The number of carbonyl (C=O) groups is 1. The SMILES string of the molecule is NC1CC2CCCC(C1)C2NC(=O)c1ccc(S(=O)(=O)N2CCCC2)cc1. The molecule has 1 aliphatic heterocycles. The highest BCUT2D eigenvalue weighted by Gasteiger charge is 2.40. The van der Waals surface area contributed by atoms with Crippen molar-refractivity contribution in [1.82, 2.24) is 9.62 Å². The number of rotatable bonds is 4. The molecular formula is C20H29N3O3S. The Bertz CT molecular complexity index is 773. The van der Waals surface area contributed by atoms with Gasteiger partial charge in [0.2, 0.25) is 10.0 Å². The molecule has 2 atom stereocenters. The lowest BCUT2D eigenvalue weighted by Gasteiger charge is -2.45. The average Bonchev–Trinajstić information content (AvgIpc) is 3.18. The van der Waals surface area contributed by atoms with Crippen molar-refractivity contribution in [3.8, 4) is 0 Å². The normalized spacial score (nSPS) is 31.6. The zero-order chi connectivity index (χ0) is 19.0. The minimum Gasteiger partial charge on any atom is -0.349 e. The van der Waals surface area contributed by atoms with Crippen LogP contribution in [0.3, 0.4) is 0 Å². The second kappa shape index (κ2) is 7.53. The zero-order valence-corrected chi connectivity index (χ0v) is 16.5. The maximum absolute atomic E-state index is 12.7. The van der Waals surface area contributed by atoms with E-state index in [9.17, 15) is 13.2 Å². The summed E-state index contributed by atoms with van der Waals surface area (Å²) in [4.78, 5) is 13.0. The van der Waals surface area contributed by atoms with E-state index in [4.69, 9.17) is 5.73 Å². The molecule has 27 heavy (non-hydrogen) atoms. The van der Waals surface area contributed by atoms with Gasteiger partial charge in [0.25, 0.3) is 5.91 Å². The van der Waals surface area contributed by atoms with Gasteiger partial charge in [-0.3, -0.25) is 4.79 Å². The molecule has 2 unspecified atom stereocenters. The molecule has 3 aliphatic rings. The van der Waals surface area contributed by atoms with Crippen LogP contribution in [0.15, 0.2) is 29.2 Å². The molecule has 1 saturated heterocycles. The van der Waals surface area contributed by atoms with Crippen molar-refractivity contribution in [2.75, 3.05) is 13.1 Å². The summed E-state index contributed by atoms with van der Waals surface area (Å²) in [6.07, 6.45) is 7.25. The highest BCUT2D eigenvalue weighted by Crippen LogP contribution is 2.39. The summed E-state index contributed by atoms with van der Waals surface area (Å²) in [7, 11) is -3.44. The second-order valence-corrected chi connectivity index (χ2v) is 10.3. The average molecular weight is 392 g/mol. The van der Waals surface area contributed by atoms with Gasteiger partial charge in [0.05, 0.1) is 4.90 Å². The molecule has 7 heteroatoms. The lowest BCUT2D eigenvalue weighted by molar-refractivity contribution is 0.0756. The molecular weight excluding hydrogens is 362 g/mol. The van der Waals surface area contributed by atoms with E-state index in [1.165, 1.54) is 10.7 Å². The largest absolute Gasteiger partial charge is 0.349 e. The van der Waals surface area contributed by atoms with Crippen molar-refractivity contribution in [2.45, 2.75) is 61.9 Å². The molecule has 3 N–H and O–H groups in total. The number of amides is 1. The molecule has 2 bridgehead atoms. The van der Waals surface area contributed by atoms with Crippen LogP contribution in [0.5, 0.6) is 0 Å². The van der Waals surface area contributed by atoms with Crippen LogP contribution >= 0.6 is 0 Å². The van der Waals surface area contributed by atoms with Gasteiger partial charge in [-0.2, -0.15) is 4.31 Å². The predicted octanol–water partition coefficient (Wildman–Crippen LogP) is 2.11. The number of nitrogens with two attached hydrogens (primary N) is 1. The minimum absolute atomic E-state index is 0.113. The highest BCUT2D eigenvalue weighted by molar-refractivity contribution is 7.89. The van der Waals surface area contributed by atoms with E-state index in [2.05, 4.69) is 5.32 Å². The highest BCUT2D eigenvalue weighted by atomic mass is 32.2. The molecule has 1 aromatic carbocycles. The van der Waals surface area contributed by atoms with E-state index in [0.29, 0.717) is 30.5 Å². The topological polar surface area (TPSA) is 92.5 Å². The van der Waals surface area contributed by atoms with Gasteiger partial charge in [-0.05, 0) is 74.6 Å². The van der Waals surface area contributed by atoms with Gasteiger partial charge in [0, 0.05) is 30.7 Å². The molecule has 148 valence electrons. The van der Waals surface area contributed by atoms with Crippen LogP contribution < -0.4 is 11.1 Å². The van der Waals surface area contributed by atoms with Crippen LogP contribution in [-0.4, -0.2) is 43.8 Å². The molecule has 0 radical (unpaired) electrons. The molecule has 1 heterocycles. The smallest absolute Gasteiger partial charge is 0.251 e. The fourth-order valence-electron chi connectivity index (χ4n) is 5.12. The number of hydrogen-bond acceptors (Lipinski definition) is 4. The molecule has 4 rings (SSSR count). The molecule has 3 fully saturated rings. The van der Waals surface area contributed by atoms with Crippen molar-refractivity contribution in [3.05, 3.63) is 29.8 Å². The van der Waals surface area contributed by atoms with Crippen molar-refractivity contribution in [1.29, 1.82) is 0 Å². The lowest BCUT2D eigenvalue weighted by atomic mass is 9.67. The maximum Gasteiger partial charge on any atom is 0.251 e. The van der Waals surface area contributed by atoms with Crippen molar-refractivity contribution in [2.24, 2.45) is 17.6 Å². The van der Waals surface area contributed by atoms with Gasteiger partial charge in [-0.1, -0.05) is 6.42 Å². The van der Waals surface area contributed by atoms with Crippen LogP contribution in [0.1, 0.15) is 55.3 Å². The molecule has 0 aromatic heterocycles. The van der Waals surface area contributed by atoms with Crippen LogP contribution in [-0.2, 0) is 10.0 Å². The van der Waals surface area contributed by atoms with Gasteiger partial charge in [-0.25, -0.2) is 8.42 Å². The number of fused-ring (bicyclic) bond motifs is 2. The van der Waals surface area contributed by atoms with Gasteiger partial charge in [-0.15, -0.1) is 0 Å². The Morgan fingerprint density at radius 2 is 1.59 bits per heavy atom. The quantitative estimate of drug-likeness (QED) is 0.822. The van der Waals surface area contributed by atoms with E-state index >= 15 is 0 Å². The number of benzene rings is 1. The monoisotopic (exact) mass is 391 g/mol. The fourth-order valence-corrected chi connectivity index (χ4v) is 6.63. The first-order chi connectivity index (χ1) is 12.9. The Balaban J connectivity index is 1.45. The van der Waals surface area contributed by atoms with Crippen LogP contribution in [0.25, 0.3) is 0 Å². The first-order valence-corrected chi connectivity index (χ1v) is 11.6. The third kappa shape index (κ3) is 3.77. The first kappa shape index (κ1) is 18.9. The van der Waals surface area contributed by atoms with Gasteiger partial charge >= 0.3 is 0 Å². The molecule has 1 aromatic rings. The number of carbonyl (C=O) groups excluding carboxylic acids is 1. The Kier molecular flexibility index (Phi) is 5.27. The van der Waals surface area contributed by atoms with Crippen LogP contribution in [0, 0.1) is 11.8 Å². The third-order valence-corrected chi connectivity index (χ3v) is 8.41. The number of hydrogen-bond donors (Lipinski definition) is 2. The van der Waals surface area contributed by atoms with Gasteiger partial charge in [0.15, 0.2) is 0 Å². The van der Waals surface area contributed by atoms with Crippen LogP contribution in [0.4, 0.5) is 0 Å². The standard InChI is InChI=1S/C20H29N3O3S/c21-17-12-15-4-3-5-16(13-17)19(15)22-20(24)14-6-8-18(9-7-14)27(25,26)23-10-1-2-11-23/h6-9,15-17,19H,1-5,10-13,21H2,(H,22,24). The molecule has 1 amide bonds. The Morgan fingerprint density at radius 3 is 2.19 bits per heavy atom. The van der Waals surface area contributed by atoms with Crippen LogP contribution in [0.2, 0.25) is 0 Å². The van der Waals surface area contributed by atoms with Crippen molar-refractivity contribution < 1.29 is 13.2 Å². The second-order valence-electron chi connectivity index (χ2n) is 8.32. The Labute approximate surface area is 161 Å². The fraction of sp³-hybridized carbons (Fsp3) is 0.650. The van der Waals surface area contributed by atoms with E-state index in [0.717, 1.165) is 38.5 Å². The van der Waals surface area contributed by atoms with Crippen molar-refractivity contribution in [3.63, 3.8) is 0 Å². The third-order valence-electron chi connectivity index (χ3n) is 6.49.